The van der Waals surface area contributed by atoms with Crippen LogP contribution >= 0.6 is 0 Å². The number of benzene rings is 1. The van der Waals surface area contributed by atoms with E-state index in [-0.39, 0.29) is 0 Å². The van der Waals surface area contributed by atoms with Crippen molar-refractivity contribution in [3.63, 3.8) is 0 Å². The van der Waals surface area contributed by atoms with Crippen molar-refractivity contribution >= 4 is 11.9 Å². The van der Waals surface area contributed by atoms with Crippen molar-refractivity contribution in [2.24, 2.45) is 0 Å². The Morgan fingerprint density at radius 2 is 1.89 bits per heavy atom. The van der Waals surface area contributed by atoms with Crippen molar-refractivity contribution in [1.82, 2.24) is 0 Å². The van der Waals surface area contributed by atoms with Gasteiger partial charge in [0.2, 0.25) is 6.10 Å². The predicted octanol–water partition coefficient (Wildman–Crippen LogP) is 2.63. The fourth-order valence-electron chi connectivity index (χ4n) is 1.44. The van der Waals surface area contributed by atoms with Crippen LogP contribution in [-0.2, 0) is 19.1 Å². The molecular formula is C14H18O4. The van der Waals surface area contributed by atoms with Crippen LogP contribution in [0.4, 0.5) is 0 Å². The Morgan fingerprint density at radius 3 is 2.44 bits per heavy atom. The maximum absolute atomic E-state index is 11.9. The van der Waals surface area contributed by atoms with Crippen molar-refractivity contribution in [2.75, 3.05) is 6.61 Å². The summed E-state index contributed by atoms with van der Waals surface area (Å²) in [6.45, 7) is 3.63. The van der Waals surface area contributed by atoms with E-state index in [2.05, 4.69) is 0 Å². The molecule has 0 bridgehead atoms. The lowest BCUT2D eigenvalue weighted by Gasteiger charge is -2.16. The summed E-state index contributed by atoms with van der Waals surface area (Å²) < 4.78 is 10.1. The molecule has 4 heteroatoms. The molecule has 0 aliphatic carbocycles. The third-order valence-corrected chi connectivity index (χ3v) is 2.34. The second-order valence-electron chi connectivity index (χ2n) is 3.92. The van der Waals surface area contributed by atoms with Crippen molar-refractivity contribution in [2.45, 2.75) is 32.8 Å². The van der Waals surface area contributed by atoms with E-state index in [1.807, 2.05) is 13.0 Å². The summed E-state index contributed by atoms with van der Waals surface area (Å²) >= 11 is 0. The summed E-state index contributed by atoms with van der Waals surface area (Å²) in [5.41, 5.74) is 0.620. The summed E-state index contributed by atoms with van der Waals surface area (Å²) in [4.78, 5) is 22.9. The molecule has 1 atom stereocenters. The highest BCUT2D eigenvalue weighted by Gasteiger charge is 2.24. The molecule has 0 aliphatic rings. The Labute approximate surface area is 107 Å². The smallest absolute Gasteiger partial charge is 0.352 e. The molecule has 0 radical (unpaired) electrons. The van der Waals surface area contributed by atoms with Crippen molar-refractivity contribution < 1.29 is 19.1 Å². The van der Waals surface area contributed by atoms with Gasteiger partial charge in [0.15, 0.2) is 0 Å². The average Bonchev–Trinajstić information content (AvgIpc) is 2.37. The lowest BCUT2D eigenvalue weighted by atomic mass is 10.1. The van der Waals surface area contributed by atoms with Crippen LogP contribution in [0.2, 0.25) is 0 Å². The van der Waals surface area contributed by atoms with Gasteiger partial charge in [-0.15, -0.1) is 0 Å². The highest BCUT2D eigenvalue weighted by atomic mass is 16.6. The number of hydrogen-bond acceptors (Lipinski definition) is 4. The molecule has 98 valence electrons. The Bertz CT molecular complexity index is 386. The quantitative estimate of drug-likeness (QED) is 0.575. The van der Waals surface area contributed by atoms with Crippen LogP contribution in [0.5, 0.6) is 0 Å². The zero-order valence-electron chi connectivity index (χ0n) is 10.7. The van der Waals surface area contributed by atoms with Crippen molar-refractivity contribution in [1.29, 1.82) is 0 Å². The third kappa shape index (κ3) is 4.57. The van der Waals surface area contributed by atoms with Gasteiger partial charge in [0.05, 0.1) is 6.61 Å². The Morgan fingerprint density at radius 1 is 1.22 bits per heavy atom. The van der Waals surface area contributed by atoms with Gasteiger partial charge >= 0.3 is 11.9 Å². The van der Waals surface area contributed by atoms with Crippen LogP contribution in [-0.4, -0.2) is 18.5 Å². The van der Waals surface area contributed by atoms with Crippen LogP contribution < -0.4 is 0 Å². The normalized spacial score (nSPS) is 11.7. The van der Waals surface area contributed by atoms with Gasteiger partial charge < -0.3 is 9.47 Å². The molecule has 1 rings (SSSR count). The largest absolute Gasteiger partial charge is 0.463 e. The molecule has 0 spiro atoms. The summed E-state index contributed by atoms with van der Waals surface area (Å²) in [6.07, 6.45) is 0.769. The van der Waals surface area contributed by atoms with Gasteiger partial charge in [-0.3, -0.25) is 4.79 Å². The summed E-state index contributed by atoms with van der Waals surface area (Å²) in [5.74, 6) is -1.03. The molecule has 0 saturated heterocycles. The second kappa shape index (κ2) is 7.48. The molecule has 1 aromatic carbocycles. The molecule has 4 nitrogen and oxygen atoms in total. The summed E-state index contributed by atoms with van der Waals surface area (Å²) in [6, 6.07) is 8.86. The fourth-order valence-corrected chi connectivity index (χ4v) is 1.44. The lowest BCUT2D eigenvalue weighted by Crippen LogP contribution is -2.21. The fraction of sp³-hybridized carbons (Fsp3) is 0.429. The third-order valence-electron chi connectivity index (χ3n) is 2.34. The number of ether oxygens (including phenoxy) is 2. The van der Waals surface area contributed by atoms with E-state index in [0.29, 0.717) is 12.2 Å². The molecule has 0 N–H and O–H groups in total. The minimum atomic E-state index is -0.972. The van der Waals surface area contributed by atoms with Crippen LogP contribution in [0.3, 0.4) is 0 Å². The van der Waals surface area contributed by atoms with Gasteiger partial charge in [-0.05, 0) is 6.42 Å². The molecule has 0 aliphatic heterocycles. The molecule has 0 aromatic heterocycles. The standard InChI is InChI=1S/C14H18O4/c1-3-4-10-17-14(16)13(18-11(2)15)12-8-6-5-7-9-12/h5-9,13H,3-4,10H2,1-2H3/t13-/m0/s1. The zero-order chi connectivity index (χ0) is 13.4. The van der Waals surface area contributed by atoms with E-state index in [9.17, 15) is 9.59 Å². The maximum atomic E-state index is 11.9. The highest BCUT2D eigenvalue weighted by Crippen LogP contribution is 2.19. The van der Waals surface area contributed by atoms with Crippen molar-refractivity contribution in [3.05, 3.63) is 35.9 Å². The number of carbonyl (C=O) groups excluding carboxylic acids is 2. The molecular weight excluding hydrogens is 232 g/mol. The van der Waals surface area contributed by atoms with Gasteiger partial charge in [-0.1, -0.05) is 43.7 Å². The molecule has 0 fully saturated rings. The monoisotopic (exact) mass is 250 g/mol. The zero-order valence-corrected chi connectivity index (χ0v) is 10.7. The molecule has 0 heterocycles. The van der Waals surface area contributed by atoms with Crippen molar-refractivity contribution in [3.8, 4) is 0 Å². The highest BCUT2D eigenvalue weighted by molar-refractivity contribution is 5.80. The first-order chi connectivity index (χ1) is 8.65. The molecule has 0 amide bonds. The van der Waals surface area contributed by atoms with Crippen LogP contribution in [0.15, 0.2) is 30.3 Å². The van der Waals surface area contributed by atoms with Crippen LogP contribution in [0, 0.1) is 0 Å². The van der Waals surface area contributed by atoms with Gasteiger partial charge in [0.25, 0.3) is 0 Å². The lowest BCUT2D eigenvalue weighted by molar-refractivity contribution is -0.167. The molecule has 0 saturated carbocycles. The second-order valence-corrected chi connectivity index (χ2v) is 3.92. The average molecular weight is 250 g/mol. The molecule has 18 heavy (non-hydrogen) atoms. The number of rotatable bonds is 6. The maximum Gasteiger partial charge on any atom is 0.352 e. The van der Waals surface area contributed by atoms with E-state index < -0.39 is 18.0 Å². The SMILES string of the molecule is CCCCOC(=O)[C@@H](OC(C)=O)c1ccccc1. The minimum Gasteiger partial charge on any atom is -0.463 e. The Balaban J connectivity index is 2.72. The van der Waals surface area contributed by atoms with E-state index in [1.165, 1.54) is 6.92 Å². The Kier molecular flexibility index (Phi) is 5.91. The first-order valence-corrected chi connectivity index (χ1v) is 6.04. The van der Waals surface area contributed by atoms with E-state index in [4.69, 9.17) is 9.47 Å². The topological polar surface area (TPSA) is 52.6 Å². The Hall–Kier alpha value is -1.84. The van der Waals surface area contributed by atoms with Gasteiger partial charge in [-0.25, -0.2) is 4.79 Å². The number of unbranched alkanes of at least 4 members (excludes halogenated alkanes) is 1. The first kappa shape index (κ1) is 14.2. The van der Waals surface area contributed by atoms with Gasteiger partial charge in [0.1, 0.15) is 0 Å². The van der Waals surface area contributed by atoms with Gasteiger partial charge in [-0.2, -0.15) is 0 Å². The molecule has 1 aromatic rings. The predicted molar refractivity (Wildman–Crippen MR) is 66.8 cm³/mol. The molecule has 0 unspecified atom stereocenters. The van der Waals surface area contributed by atoms with Gasteiger partial charge in [0, 0.05) is 12.5 Å². The number of esters is 2. The van der Waals surface area contributed by atoms with E-state index in [0.717, 1.165) is 12.8 Å². The summed E-state index contributed by atoms with van der Waals surface area (Å²) in [7, 11) is 0. The van der Waals surface area contributed by atoms with E-state index >= 15 is 0 Å². The summed E-state index contributed by atoms with van der Waals surface area (Å²) in [5, 5.41) is 0. The number of carbonyl (C=O) groups is 2. The number of hydrogen-bond donors (Lipinski definition) is 0. The van der Waals surface area contributed by atoms with E-state index in [1.54, 1.807) is 24.3 Å². The van der Waals surface area contributed by atoms with Crippen LogP contribution in [0.25, 0.3) is 0 Å². The van der Waals surface area contributed by atoms with Crippen LogP contribution in [0.1, 0.15) is 38.4 Å². The minimum absolute atomic E-state index is 0.347. The first-order valence-electron chi connectivity index (χ1n) is 6.04.